The number of benzene rings is 1. The minimum atomic E-state index is -0.649. The number of aromatic nitrogens is 3. The highest BCUT2D eigenvalue weighted by atomic mass is 35.5. The number of imidazole rings is 1. The van der Waals surface area contributed by atoms with E-state index in [4.69, 9.17) is 30.2 Å². The summed E-state index contributed by atoms with van der Waals surface area (Å²) in [5.41, 5.74) is 4.26. The van der Waals surface area contributed by atoms with Crippen LogP contribution in [0.3, 0.4) is 0 Å². The Morgan fingerprint density at radius 1 is 1.16 bits per heavy atom. The molecule has 0 bridgehead atoms. The maximum Gasteiger partial charge on any atom is 0.296 e. The van der Waals surface area contributed by atoms with Crippen molar-refractivity contribution in [2.24, 2.45) is 0 Å². The molecular weight excluding hydrogens is 501 g/mol. The number of hydrogen-bond donors (Lipinski definition) is 2. The Morgan fingerprint density at radius 2 is 2.03 bits per heavy atom. The van der Waals surface area contributed by atoms with Crippen molar-refractivity contribution in [1.29, 1.82) is 0 Å². The number of halogens is 2. The molecule has 0 spiro atoms. The van der Waals surface area contributed by atoms with E-state index in [-0.39, 0.29) is 42.7 Å². The molecule has 1 aliphatic carbocycles. The van der Waals surface area contributed by atoms with Crippen LogP contribution in [-0.4, -0.2) is 57.7 Å². The lowest BCUT2D eigenvalue weighted by Gasteiger charge is -2.15. The maximum absolute atomic E-state index is 15.3. The maximum atomic E-state index is 15.3. The van der Waals surface area contributed by atoms with Gasteiger partial charge in [-0.3, -0.25) is 0 Å². The van der Waals surface area contributed by atoms with E-state index in [2.05, 4.69) is 15.0 Å². The van der Waals surface area contributed by atoms with Gasteiger partial charge in [0.15, 0.2) is 11.8 Å². The fourth-order valence-corrected chi connectivity index (χ4v) is 6.03. The van der Waals surface area contributed by atoms with Crippen LogP contribution in [0.1, 0.15) is 34.9 Å². The summed E-state index contributed by atoms with van der Waals surface area (Å²) in [5, 5.41) is 10.4. The van der Waals surface area contributed by atoms with Crippen molar-refractivity contribution >= 4 is 22.8 Å². The van der Waals surface area contributed by atoms with Crippen LogP contribution in [0, 0.1) is 12.7 Å². The molecule has 2 fully saturated rings. The standard InChI is InChI=1S/C27H25ClFN3O5/c1-12-2-5-21(36-12)15-6-13-3-4-14(23(13)17(29)7-15)8-18-16(28)9-19-26(30-18)32-27(31-19)37-22-11-35-24-20(33)10-34-25(22)24/h2,5-7,9,14,20,22,24-25,33H,3-4,8,10-11H2,1H3,(H,30,31,32)/t14?,20-,22-,24-,25-/m1/s1. The number of furan rings is 1. The number of aromatic amines is 1. The highest BCUT2D eigenvalue weighted by Crippen LogP contribution is 2.41. The Bertz CT molecular complexity index is 1500. The quantitative estimate of drug-likeness (QED) is 0.395. The third-order valence-electron chi connectivity index (χ3n) is 7.57. The number of nitrogens with one attached hydrogen (secondary N) is 1. The molecule has 10 heteroatoms. The second-order valence-electron chi connectivity index (χ2n) is 10.0. The molecule has 5 heterocycles. The van der Waals surface area contributed by atoms with Crippen molar-refractivity contribution in [3.63, 3.8) is 0 Å². The second kappa shape index (κ2) is 8.80. The molecule has 192 valence electrons. The van der Waals surface area contributed by atoms with Crippen molar-refractivity contribution in [3.05, 3.63) is 63.8 Å². The van der Waals surface area contributed by atoms with Gasteiger partial charge in [-0.2, -0.15) is 4.98 Å². The highest BCUT2D eigenvalue weighted by molar-refractivity contribution is 6.31. The fraction of sp³-hybridized carbons (Fsp3) is 0.407. The second-order valence-corrected chi connectivity index (χ2v) is 10.4. The number of aliphatic hydroxyl groups excluding tert-OH is 1. The molecule has 0 radical (unpaired) electrons. The molecular formula is C27H25ClFN3O5. The number of aryl methyl sites for hydroxylation is 2. The van der Waals surface area contributed by atoms with Gasteiger partial charge in [-0.1, -0.05) is 11.6 Å². The van der Waals surface area contributed by atoms with Gasteiger partial charge in [0.2, 0.25) is 0 Å². The lowest BCUT2D eigenvalue weighted by Crippen LogP contribution is -2.34. The Kier molecular flexibility index (Phi) is 5.51. The summed E-state index contributed by atoms with van der Waals surface area (Å²) in [5.74, 6) is 1.21. The summed E-state index contributed by atoms with van der Waals surface area (Å²) >= 11 is 6.60. The number of H-pyrrole nitrogens is 1. The third kappa shape index (κ3) is 4.01. The van der Waals surface area contributed by atoms with Crippen LogP contribution in [0.15, 0.2) is 34.7 Å². The lowest BCUT2D eigenvalue weighted by atomic mass is 9.94. The van der Waals surface area contributed by atoms with E-state index in [1.54, 1.807) is 12.1 Å². The van der Waals surface area contributed by atoms with Crippen molar-refractivity contribution in [2.75, 3.05) is 13.2 Å². The van der Waals surface area contributed by atoms with Crippen molar-refractivity contribution in [2.45, 2.75) is 56.5 Å². The van der Waals surface area contributed by atoms with Gasteiger partial charge in [-0.15, -0.1) is 0 Å². The monoisotopic (exact) mass is 525 g/mol. The first-order valence-corrected chi connectivity index (χ1v) is 12.8. The average molecular weight is 526 g/mol. The molecule has 3 aromatic heterocycles. The number of nitrogens with zero attached hydrogens (tertiary/aromatic N) is 2. The molecule has 2 aliphatic heterocycles. The number of rotatable bonds is 5. The minimum Gasteiger partial charge on any atom is -0.461 e. The van der Waals surface area contributed by atoms with Crippen LogP contribution < -0.4 is 4.74 Å². The zero-order chi connectivity index (χ0) is 25.3. The number of hydrogen-bond acceptors (Lipinski definition) is 7. The number of fused-ring (bicyclic) bond motifs is 3. The summed E-state index contributed by atoms with van der Waals surface area (Å²) in [6.45, 7) is 2.40. The van der Waals surface area contributed by atoms with Crippen molar-refractivity contribution in [1.82, 2.24) is 15.0 Å². The number of aliphatic hydroxyl groups is 1. The van der Waals surface area contributed by atoms with Gasteiger partial charge in [0, 0.05) is 5.56 Å². The normalized spacial score (nSPS) is 26.6. The Balaban J connectivity index is 1.12. The van der Waals surface area contributed by atoms with Gasteiger partial charge in [0.1, 0.15) is 35.6 Å². The molecule has 3 aliphatic rings. The van der Waals surface area contributed by atoms with Crippen LogP contribution in [0.2, 0.25) is 5.02 Å². The first-order chi connectivity index (χ1) is 17.9. The van der Waals surface area contributed by atoms with Crippen LogP contribution >= 0.6 is 11.6 Å². The molecule has 4 aromatic rings. The molecule has 2 saturated heterocycles. The zero-order valence-corrected chi connectivity index (χ0v) is 20.8. The summed E-state index contributed by atoms with van der Waals surface area (Å²) < 4.78 is 38.2. The van der Waals surface area contributed by atoms with Gasteiger partial charge < -0.3 is 28.7 Å². The highest BCUT2D eigenvalue weighted by Gasteiger charge is 2.48. The number of ether oxygens (including phenoxy) is 3. The zero-order valence-electron chi connectivity index (χ0n) is 20.0. The average Bonchev–Trinajstić information content (AvgIpc) is 3.67. The van der Waals surface area contributed by atoms with Gasteiger partial charge in [0.05, 0.1) is 29.4 Å². The molecule has 1 unspecified atom stereocenters. The van der Waals surface area contributed by atoms with Crippen LogP contribution in [0.25, 0.3) is 22.5 Å². The van der Waals surface area contributed by atoms with Crippen LogP contribution in [-0.2, 0) is 22.3 Å². The molecule has 0 amide bonds. The van der Waals surface area contributed by atoms with E-state index in [0.29, 0.717) is 40.7 Å². The molecule has 37 heavy (non-hydrogen) atoms. The predicted octanol–water partition coefficient (Wildman–Crippen LogP) is 4.50. The Morgan fingerprint density at radius 3 is 2.86 bits per heavy atom. The molecule has 8 nitrogen and oxygen atoms in total. The van der Waals surface area contributed by atoms with E-state index in [0.717, 1.165) is 35.3 Å². The summed E-state index contributed by atoms with van der Waals surface area (Å²) in [6, 6.07) is 9.38. The first kappa shape index (κ1) is 23.2. The van der Waals surface area contributed by atoms with E-state index in [9.17, 15) is 5.11 Å². The lowest BCUT2D eigenvalue weighted by molar-refractivity contribution is 0.00706. The fourth-order valence-electron chi connectivity index (χ4n) is 5.80. The Labute approximate surface area is 216 Å². The molecule has 2 N–H and O–H groups in total. The molecule has 7 rings (SSSR count). The van der Waals surface area contributed by atoms with Gasteiger partial charge >= 0.3 is 0 Å². The predicted molar refractivity (Wildman–Crippen MR) is 132 cm³/mol. The first-order valence-electron chi connectivity index (χ1n) is 12.4. The molecule has 1 aromatic carbocycles. The van der Waals surface area contributed by atoms with Crippen LogP contribution in [0.4, 0.5) is 4.39 Å². The minimum absolute atomic E-state index is 0.0296. The summed E-state index contributed by atoms with van der Waals surface area (Å²) in [4.78, 5) is 12.3. The van der Waals surface area contributed by atoms with Gasteiger partial charge in [-0.05, 0) is 73.6 Å². The summed E-state index contributed by atoms with van der Waals surface area (Å²) in [7, 11) is 0. The Hall–Kier alpha value is -2.98. The molecule has 5 atom stereocenters. The van der Waals surface area contributed by atoms with Gasteiger partial charge in [-0.25, -0.2) is 9.37 Å². The van der Waals surface area contributed by atoms with E-state index in [1.807, 2.05) is 25.1 Å². The topological polar surface area (TPSA) is 103 Å². The molecule has 0 saturated carbocycles. The summed E-state index contributed by atoms with van der Waals surface area (Å²) in [6.07, 6.45) is 0.343. The smallest absolute Gasteiger partial charge is 0.296 e. The third-order valence-corrected chi connectivity index (χ3v) is 7.90. The largest absolute Gasteiger partial charge is 0.461 e. The van der Waals surface area contributed by atoms with Crippen LogP contribution in [0.5, 0.6) is 6.01 Å². The van der Waals surface area contributed by atoms with Crippen molar-refractivity contribution < 1.29 is 28.1 Å². The SMILES string of the molecule is Cc1ccc(-c2cc(F)c3c(c2)CCC3Cc2nc3nc(O[C@@H]4CO[C@H]5[C@@H]4OC[C@H]5O)[nH]c3cc2Cl)o1. The van der Waals surface area contributed by atoms with E-state index < -0.39 is 6.10 Å². The van der Waals surface area contributed by atoms with Gasteiger partial charge in [0.25, 0.3) is 6.01 Å². The van der Waals surface area contributed by atoms with Crippen molar-refractivity contribution in [3.8, 4) is 17.3 Å². The van der Waals surface area contributed by atoms with E-state index >= 15 is 4.39 Å². The van der Waals surface area contributed by atoms with E-state index in [1.165, 1.54) is 0 Å². The number of pyridine rings is 1.